The van der Waals surface area contributed by atoms with E-state index in [0.717, 1.165) is 57.5 Å². The molecule has 0 spiro atoms. The number of hydrogen-bond donors (Lipinski definition) is 0. The third kappa shape index (κ3) is 4.44. The van der Waals surface area contributed by atoms with Crippen molar-refractivity contribution in [1.82, 2.24) is 19.1 Å². The molecular weight excluding hydrogens is 592 g/mol. The van der Waals surface area contributed by atoms with Crippen molar-refractivity contribution in [3.8, 4) is 5.82 Å². The van der Waals surface area contributed by atoms with Gasteiger partial charge in [-0.3, -0.25) is 9.36 Å². The average Bonchev–Trinajstić information content (AvgIpc) is 3.75. The maximum atomic E-state index is 14.2. The number of carbonyl (C=O) groups excluding carboxylic acids is 1. The third-order valence-electron chi connectivity index (χ3n) is 10.2. The minimum Gasteiger partial charge on any atom is -0.355 e. The van der Waals surface area contributed by atoms with Crippen LogP contribution in [0.2, 0.25) is 0 Å². The summed E-state index contributed by atoms with van der Waals surface area (Å²) in [7, 11) is 2.13. The zero-order valence-electron chi connectivity index (χ0n) is 27.9. The van der Waals surface area contributed by atoms with Crippen LogP contribution in [0.25, 0.3) is 38.7 Å². The number of fused-ring (bicyclic) bond motifs is 7. The van der Waals surface area contributed by atoms with E-state index in [4.69, 9.17) is 9.97 Å². The van der Waals surface area contributed by atoms with E-state index in [1.54, 1.807) is 0 Å². The lowest BCUT2D eigenvalue weighted by Crippen LogP contribution is -2.24. The van der Waals surface area contributed by atoms with E-state index < -0.39 is 0 Å². The Bertz CT molecular complexity index is 2430. The standard InChI is InChI=1S/C41H38N6O/c1-41(2,3)28-17-18-42-39(22-28)47-33-13-6-5-12-30(33)31-16-15-27(21-34(31)47)40(48)26-10-9-11-29(20-26)46-25-44(4)36-24-35-32(23-37(36)46)43-38-14-7-8-19-45(35)38/h5-6,9-13,15-18,20-24H,7-8,14,19,25H2,1-4H3. The van der Waals surface area contributed by atoms with E-state index in [9.17, 15) is 4.79 Å². The predicted molar refractivity (Wildman–Crippen MR) is 195 cm³/mol. The van der Waals surface area contributed by atoms with Gasteiger partial charge in [-0.15, -0.1) is 0 Å². The van der Waals surface area contributed by atoms with E-state index >= 15 is 0 Å². The van der Waals surface area contributed by atoms with Crippen LogP contribution in [0.3, 0.4) is 0 Å². The Morgan fingerprint density at radius 1 is 0.771 bits per heavy atom. The number of nitrogens with zero attached hydrogens (tertiary/aromatic N) is 6. The number of para-hydroxylation sites is 1. The number of aryl methyl sites for hydroxylation is 2. The summed E-state index contributed by atoms with van der Waals surface area (Å²) in [6.07, 6.45) is 5.33. The minimum absolute atomic E-state index is 0.00281. The highest BCUT2D eigenvalue weighted by molar-refractivity contribution is 6.15. The summed E-state index contributed by atoms with van der Waals surface area (Å²) < 4.78 is 4.58. The number of pyridine rings is 1. The number of ketones is 1. The fraction of sp³-hybridized carbons (Fsp3) is 0.244. The Morgan fingerprint density at radius 2 is 1.60 bits per heavy atom. The largest absolute Gasteiger partial charge is 0.355 e. The second-order valence-corrected chi connectivity index (χ2v) is 14.4. The first-order valence-electron chi connectivity index (χ1n) is 16.9. The summed E-state index contributed by atoms with van der Waals surface area (Å²) in [5.74, 6) is 2.04. The first kappa shape index (κ1) is 28.8. The van der Waals surface area contributed by atoms with Gasteiger partial charge in [-0.1, -0.05) is 63.2 Å². The molecule has 2 aliphatic heterocycles. The zero-order valence-corrected chi connectivity index (χ0v) is 27.9. The Kier molecular flexibility index (Phi) is 6.32. The van der Waals surface area contributed by atoms with Gasteiger partial charge in [0, 0.05) is 53.8 Å². The fourth-order valence-electron chi connectivity index (χ4n) is 7.65. The van der Waals surface area contributed by atoms with E-state index in [-0.39, 0.29) is 11.2 Å². The van der Waals surface area contributed by atoms with E-state index in [1.165, 1.54) is 35.4 Å². The topological polar surface area (TPSA) is 59.2 Å². The second kappa shape index (κ2) is 10.5. The number of aromatic nitrogens is 4. The van der Waals surface area contributed by atoms with Gasteiger partial charge in [0.2, 0.25) is 0 Å². The van der Waals surface area contributed by atoms with Gasteiger partial charge in [0.15, 0.2) is 5.78 Å². The van der Waals surface area contributed by atoms with Gasteiger partial charge in [0.25, 0.3) is 0 Å². The lowest BCUT2D eigenvalue weighted by atomic mass is 9.88. The number of rotatable bonds is 4. The molecule has 7 nitrogen and oxygen atoms in total. The second-order valence-electron chi connectivity index (χ2n) is 14.4. The van der Waals surface area contributed by atoms with Crippen LogP contribution in [0, 0.1) is 0 Å². The molecule has 0 saturated heterocycles. The molecule has 0 unspecified atom stereocenters. The monoisotopic (exact) mass is 630 g/mol. The van der Waals surface area contributed by atoms with Crippen LogP contribution < -0.4 is 9.80 Å². The summed E-state index contributed by atoms with van der Waals surface area (Å²) >= 11 is 0. The number of carbonyl (C=O) groups is 1. The number of imidazole rings is 1. The molecule has 7 heteroatoms. The molecule has 9 rings (SSSR count). The Morgan fingerprint density at radius 3 is 2.48 bits per heavy atom. The van der Waals surface area contributed by atoms with Gasteiger partial charge in [-0.25, -0.2) is 9.97 Å². The molecule has 0 N–H and O–H groups in total. The highest BCUT2D eigenvalue weighted by atomic mass is 16.1. The Hall–Kier alpha value is -5.43. The van der Waals surface area contributed by atoms with Crippen LogP contribution in [0.15, 0.2) is 97.2 Å². The summed E-state index contributed by atoms with van der Waals surface area (Å²) in [5.41, 5.74) is 10.1. The smallest absolute Gasteiger partial charge is 0.193 e. The molecule has 238 valence electrons. The number of hydrogen-bond acceptors (Lipinski definition) is 5. The van der Waals surface area contributed by atoms with Crippen molar-refractivity contribution >= 4 is 55.7 Å². The molecule has 0 aliphatic carbocycles. The first-order chi connectivity index (χ1) is 23.2. The minimum atomic E-state index is -0.0165. The molecule has 0 radical (unpaired) electrons. The van der Waals surface area contributed by atoms with Crippen molar-refractivity contribution in [2.45, 2.75) is 52.0 Å². The normalized spacial score (nSPS) is 14.7. The molecule has 5 heterocycles. The van der Waals surface area contributed by atoms with Crippen molar-refractivity contribution in [3.05, 3.63) is 120 Å². The number of anilines is 3. The fourth-order valence-corrected chi connectivity index (χ4v) is 7.65. The quantitative estimate of drug-likeness (QED) is 0.182. The molecule has 4 aromatic carbocycles. The highest BCUT2D eigenvalue weighted by Crippen LogP contribution is 2.43. The van der Waals surface area contributed by atoms with Crippen LogP contribution in [0.4, 0.5) is 17.1 Å². The summed E-state index contributed by atoms with van der Waals surface area (Å²) in [5, 5.41) is 2.24. The molecule has 7 aromatic rings. The van der Waals surface area contributed by atoms with Gasteiger partial charge in [-0.2, -0.15) is 0 Å². The average molecular weight is 631 g/mol. The summed E-state index contributed by atoms with van der Waals surface area (Å²) in [6, 6.07) is 31.3. The number of benzene rings is 4. The van der Waals surface area contributed by atoms with Gasteiger partial charge >= 0.3 is 0 Å². The van der Waals surface area contributed by atoms with Gasteiger partial charge in [0.1, 0.15) is 11.6 Å². The van der Waals surface area contributed by atoms with E-state index in [2.05, 4.69) is 107 Å². The zero-order chi connectivity index (χ0) is 32.7. The Labute approximate surface area is 280 Å². The first-order valence-corrected chi connectivity index (χ1v) is 16.9. The molecule has 0 atom stereocenters. The SMILES string of the molecule is CN1CN(c2cccc(C(=O)c3ccc4c5ccccc5n(-c5cc(C(C)(C)C)ccn5)c4c3)c2)c2cc3nc4n(c3cc21)CCCC4. The van der Waals surface area contributed by atoms with Gasteiger partial charge < -0.3 is 14.4 Å². The van der Waals surface area contributed by atoms with Crippen molar-refractivity contribution in [2.75, 3.05) is 23.5 Å². The summed E-state index contributed by atoms with van der Waals surface area (Å²) in [6.45, 7) is 8.39. The lowest BCUT2D eigenvalue weighted by molar-refractivity contribution is 0.103. The summed E-state index contributed by atoms with van der Waals surface area (Å²) in [4.78, 5) is 28.6. The van der Waals surface area contributed by atoms with Gasteiger partial charge in [-0.05, 0) is 72.4 Å². The van der Waals surface area contributed by atoms with E-state index in [0.29, 0.717) is 17.8 Å². The van der Waals surface area contributed by atoms with Crippen molar-refractivity contribution in [1.29, 1.82) is 0 Å². The van der Waals surface area contributed by atoms with Crippen LogP contribution in [-0.4, -0.2) is 38.6 Å². The molecular formula is C41H38N6O. The molecule has 0 bridgehead atoms. The maximum absolute atomic E-state index is 14.2. The van der Waals surface area contributed by atoms with Crippen LogP contribution in [-0.2, 0) is 18.4 Å². The lowest BCUT2D eigenvalue weighted by Gasteiger charge is -2.20. The van der Waals surface area contributed by atoms with Gasteiger partial charge in [0.05, 0.1) is 40.1 Å². The van der Waals surface area contributed by atoms with Crippen LogP contribution in [0.1, 0.15) is 60.9 Å². The van der Waals surface area contributed by atoms with Crippen LogP contribution in [0.5, 0.6) is 0 Å². The molecule has 0 amide bonds. The molecule has 0 fully saturated rings. The van der Waals surface area contributed by atoms with Crippen LogP contribution >= 0.6 is 0 Å². The molecule has 48 heavy (non-hydrogen) atoms. The van der Waals surface area contributed by atoms with Crippen molar-refractivity contribution in [3.63, 3.8) is 0 Å². The maximum Gasteiger partial charge on any atom is 0.193 e. The third-order valence-corrected chi connectivity index (χ3v) is 10.2. The molecule has 2 aliphatic rings. The van der Waals surface area contributed by atoms with Crippen molar-refractivity contribution < 1.29 is 4.79 Å². The van der Waals surface area contributed by atoms with Crippen molar-refractivity contribution in [2.24, 2.45) is 0 Å². The van der Waals surface area contributed by atoms with E-state index in [1.807, 2.05) is 36.5 Å². The molecule has 3 aromatic heterocycles. The Balaban J connectivity index is 1.11. The predicted octanol–water partition coefficient (Wildman–Crippen LogP) is 8.94. The molecule has 0 saturated carbocycles. The highest BCUT2D eigenvalue weighted by Gasteiger charge is 2.28.